The molecule has 1 N–H and O–H groups in total. The van der Waals surface area contributed by atoms with Gasteiger partial charge in [-0.1, -0.05) is 70.5 Å². The topological polar surface area (TPSA) is 92.3 Å². The zero-order valence-corrected chi connectivity index (χ0v) is 21.5. The van der Waals surface area contributed by atoms with Crippen molar-refractivity contribution in [2.75, 3.05) is 11.4 Å². The number of nitrogens with one attached hydrogen (secondary N) is 1. The number of fused-ring (bicyclic) bond motifs is 1. The van der Waals surface area contributed by atoms with Crippen LogP contribution >= 0.6 is 0 Å². The van der Waals surface area contributed by atoms with Crippen LogP contribution in [-0.2, 0) is 34.8 Å². The molecular formula is C27H32N4O3S. The highest BCUT2D eigenvalue weighted by Gasteiger charge is 2.24. The molecule has 0 atom stereocenters. The maximum atomic E-state index is 13.0. The first-order valence-corrected chi connectivity index (χ1v) is 13.4. The van der Waals surface area contributed by atoms with Crippen molar-refractivity contribution in [1.29, 1.82) is 0 Å². The fourth-order valence-electron chi connectivity index (χ4n) is 4.21. The van der Waals surface area contributed by atoms with Crippen molar-refractivity contribution in [2.24, 2.45) is 0 Å². The second-order valence-electron chi connectivity index (χ2n) is 9.93. The van der Waals surface area contributed by atoms with Gasteiger partial charge in [-0.3, -0.25) is 4.79 Å². The number of aromatic nitrogens is 2. The van der Waals surface area contributed by atoms with E-state index in [1.807, 2.05) is 19.1 Å². The van der Waals surface area contributed by atoms with E-state index in [0.29, 0.717) is 24.6 Å². The molecule has 2 aromatic carbocycles. The molecule has 0 saturated heterocycles. The molecule has 1 aliphatic rings. The Balaban J connectivity index is 1.55. The third-order valence-corrected chi connectivity index (χ3v) is 7.60. The molecule has 8 heteroatoms. The third kappa shape index (κ3) is 5.53. The molecule has 0 radical (unpaired) electrons. The molecule has 0 unspecified atom stereocenters. The molecule has 35 heavy (non-hydrogen) atoms. The van der Waals surface area contributed by atoms with Crippen molar-refractivity contribution in [2.45, 2.75) is 63.8 Å². The summed E-state index contributed by atoms with van der Waals surface area (Å²) in [5.41, 5.74) is 4.21. The summed E-state index contributed by atoms with van der Waals surface area (Å²) in [7, 11) is -4.03. The lowest BCUT2D eigenvalue weighted by Crippen LogP contribution is -2.34. The number of aryl methyl sites for hydroxylation is 1. The van der Waals surface area contributed by atoms with E-state index in [2.05, 4.69) is 52.5 Å². The van der Waals surface area contributed by atoms with Gasteiger partial charge in [0.05, 0.1) is 16.2 Å². The lowest BCUT2D eigenvalue weighted by molar-refractivity contribution is 0.0979. The molecule has 0 bridgehead atoms. The predicted octanol–water partition coefficient (Wildman–Crippen LogP) is 4.41. The Labute approximate surface area is 207 Å². The minimum absolute atomic E-state index is 0.0420. The van der Waals surface area contributed by atoms with Crippen LogP contribution < -0.4 is 9.62 Å². The van der Waals surface area contributed by atoms with E-state index in [0.717, 1.165) is 24.9 Å². The van der Waals surface area contributed by atoms with Crippen LogP contribution in [0.3, 0.4) is 0 Å². The first-order valence-electron chi connectivity index (χ1n) is 11.9. The zero-order valence-electron chi connectivity index (χ0n) is 20.7. The van der Waals surface area contributed by atoms with Crippen molar-refractivity contribution in [1.82, 2.24) is 14.7 Å². The lowest BCUT2D eigenvalue weighted by Gasteiger charge is -2.29. The van der Waals surface area contributed by atoms with Gasteiger partial charge >= 0.3 is 0 Å². The summed E-state index contributed by atoms with van der Waals surface area (Å²) in [5, 5.41) is 0. The zero-order chi connectivity index (χ0) is 25.2. The van der Waals surface area contributed by atoms with Gasteiger partial charge in [0, 0.05) is 19.3 Å². The fourth-order valence-corrected chi connectivity index (χ4v) is 5.18. The Bertz CT molecular complexity index is 1330. The van der Waals surface area contributed by atoms with Crippen LogP contribution in [0.2, 0.25) is 0 Å². The Hall–Kier alpha value is -3.26. The average Bonchev–Trinajstić information content (AvgIpc) is 2.83. The number of benzene rings is 2. The Morgan fingerprint density at radius 2 is 1.74 bits per heavy atom. The van der Waals surface area contributed by atoms with E-state index in [1.165, 1.54) is 29.5 Å². The molecule has 0 fully saturated rings. The largest absolute Gasteiger partial charge is 0.336 e. The summed E-state index contributed by atoms with van der Waals surface area (Å²) in [6, 6.07) is 14.9. The molecule has 1 amide bonds. The molecule has 3 aromatic rings. The second kappa shape index (κ2) is 9.77. The van der Waals surface area contributed by atoms with E-state index in [9.17, 15) is 13.2 Å². The standard InChI is InChI=1S/C27H32N4O3S/c1-5-8-24-23(17-28-26(29-24)31-16-15-19-9-6-7-10-20(19)18-31)25(32)30-35(33,34)22-13-11-21(12-14-22)27(2,3)4/h6-7,9-14,17H,5,8,15-16,18H2,1-4H3,(H,30,32). The fraction of sp³-hybridized carbons (Fsp3) is 0.370. The van der Waals surface area contributed by atoms with Gasteiger partial charge < -0.3 is 4.90 Å². The molecule has 184 valence electrons. The summed E-state index contributed by atoms with van der Waals surface area (Å²) < 4.78 is 28.0. The monoisotopic (exact) mass is 492 g/mol. The Morgan fingerprint density at radius 1 is 1.06 bits per heavy atom. The van der Waals surface area contributed by atoms with E-state index in [4.69, 9.17) is 0 Å². The van der Waals surface area contributed by atoms with Gasteiger partial charge in [-0.2, -0.15) is 0 Å². The SMILES string of the molecule is CCCc1nc(N2CCc3ccccc3C2)ncc1C(=O)NS(=O)(=O)c1ccc(C(C)(C)C)cc1. The van der Waals surface area contributed by atoms with Crippen molar-refractivity contribution >= 4 is 21.9 Å². The number of hydrogen-bond donors (Lipinski definition) is 1. The molecule has 0 spiro atoms. The number of nitrogens with zero attached hydrogens (tertiary/aromatic N) is 3. The number of hydrogen-bond acceptors (Lipinski definition) is 6. The minimum Gasteiger partial charge on any atom is -0.336 e. The van der Waals surface area contributed by atoms with Gasteiger partial charge in [0.15, 0.2) is 0 Å². The maximum Gasteiger partial charge on any atom is 0.268 e. The average molecular weight is 493 g/mol. The van der Waals surface area contributed by atoms with E-state index < -0.39 is 15.9 Å². The van der Waals surface area contributed by atoms with Crippen LogP contribution in [0.15, 0.2) is 59.6 Å². The van der Waals surface area contributed by atoms with Crippen molar-refractivity contribution in [3.63, 3.8) is 0 Å². The summed E-state index contributed by atoms with van der Waals surface area (Å²) >= 11 is 0. The van der Waals surface area contributed by atoms with Crippen LogP contribution in [0, 0.1) is 0 Å². The quantitative estimate of drug-likeness (QED) is 0.548. The van der Waals surface area contributed by atoms with E-state index in [-0.39, 0.29) is 15.9 Å². The van der Waals surface area contributed by atoms with Crippen LogP contribution in [0.25, 0.3) is 0 Å². The first-order chi connectivity index (χ1) is 16.6. The van der Waals surface area contributed by atoms with Crippen molar-refractivity contribution in [3.05, 3.63) is 82.7 Å². The van der Waals surface area contributed by atoms with Gasteiger partial charge in [-0.15, -0.1) is 0 Å². The lowest BCUT2D eigenvalue weighted by atomic mass is 9.87. The van der Waals surface area contributed by atoms with Gasteiger partial charge in [-0.25, -0.2) is 23.1 Å². The number of sulfonamides is 1. The normalized spacial score (nSPS) is 13.9. The Kier molecular flexibility index (Phi) is 6.94. The summed E-state index contributed by atoms with van der Waals surface area (Å²) in [4.78, 5) is 24.3. The molecule has 4 rings (SSSR count). The molecular weight excluding hydrogens is 460 g/mol. The number of carbonyl (C=O) groups excluding carboxylic acids is 1. The molecule has 7 nitrogen and oxygen atoms in total. The Morgan fingerprint density at radius 3 is 2.40 bits per heavy atom. The van der Waals surface area contributed by atoms with Crippen LogP contribution in [0.5, 0.6) is 0 Å². The summed E-state index contributed by atoms with van der Waals surface area (Å²) in [6.07, 6.45) is 3.65. The molecule has 0 aliphatic carbocycles. The van der Waals surface area contributed by atoms with Gasteiger partial charge in [0.2, 0.25) is 5.95 Å². The highest BCUT2D eigenvalue weighted by Crippen LogP contribution is 2.25. The highest BCUT2D eigenvalue weighted by molar-refractivity contribution is 7.90. The smallest absolute Gasteiger partial charge is 0.268 e. The highest BCUT2D eigenvalue weighted by atomic mass is 32.2. The molecule has 2 heterocycles. The third-order valence-electron chi connectivity index (χ3n) is 6.26. The molecule has 1 aromatic heterocycles. The maximum absolute atomic E-state index is 13.0. The summed E-state index contributed by atoms with van der Waals surface area (Å²) in [5.74, 6) is -0.163. The van der Waals surface area contributed by atoms with Gasteiger partial charge in [0.25, 0.3) is 15.9 Å². The number of anilines is 1. The minimum atomic E-state index is -4.03. The van der Waals surface area contributed by atoms with Crippen LogP contribution in [-0.4, -0.2) is 30.8 Å². The van der Waals surface area contributed by atoms with Crippen LogP contribution in [0.1, 0.15) is 66.9 Å². The molecule has 1 aliphatic heterocycles. The van der Waals surface area contributed by atoms with Gasteiger partial charge in [0.1, 0.15) is 0 Å². The van der Waals surface area contributed by atoms with Gasteiger partial charge in [-0.05, 0) is 47.1 Å². The number of carbonyl (C=O) groups is 1. The number of rotatable bonds is 6. The van der Waals surface area contributed by atoms with E-state index in [1.54, 1.807) is 12.1 Å². The van der Waals surface area contributed by atoms with E-state index >= 15 is 0 Å². The van der Waals surface area contributed by atoms with Crippen molar-refractivity contribution in [3.8, 4) is 0 Å². The second-order valence-corrected chi connectivity index (χ2v) is 11.6. The molecule has 0 saturated carbocycles. The van der Waals surface area contributed by atoms with Crippen molar-refractivity contribution < 1.29 is 13.2 Å². The summed E-state index contributed by atoms with van der Waals surface area (Å²) in [6.45, 7) is 9.65. The number of amides is 1. The first kappa shape index (κ1) is 24.9. The van der Waals surface area contributed by atoms with Crippen LogP contribution in [0.4, 0.5) is 5.95 Å². The predicted molar refractivity (Wildman–Crippen MR) is 137 cm³/mol.